The number of nitrogens with zero attached hydrogens (tertiary/aromatic N) is 1. The van der Waals surface area contributed by atoms with Gasteiger partial charge < -0.3 is 10.1 Å². The van der Waals surface area contributed by atoms with Crippen molar-refractivity contribution in [3.8, 4) is 5.75 Å². The lowest BCUT2D eigenvalue weighted by Gasteiger charge is -2.14. The van der Waals surface area contributed by atoms with Crippen LogP contribution in [0.1, 0.15) is 19.3 Å². The average Bonchev–Trinajstić information content (AvgIpc) is 2.85. The maximum atomic E-state index is 12.3. The molecule has 1 aromatic rings. The van der Waals surface area contributed by atoms with Gasteiger partial charge in [-0.25, -0.2) is 0 Å². The minimum absolute atomic E-state index is 0.0936. The molecule has 0 saturated carbocycles. The predicted molar refractivity (Wildman–Crippen MR) is 88.3 cm³/mol. The highest BCUT2D eigenvalue weighted by Crippen LogP contribution is 2.35. The van der Waals surface area contributed by atoms with Crippen LogP contribution < -0.4 is 10.1 Å². The summed E-state index contributed by atoms with van der Waals surface area (Å²) in [5, 5.41) is 2.75. The summed E-state index contributed by atoms with van der Waals surface area (Å²) in [4.78, 5) is 37.9. The number of hydrogen-bond donors (Lipinski definition) is 1. The Morgan fingerprint density at radius 2 is 1.71 bits per heavy atom. The Bertz CT molecular complexity index is 655. The standard InChI is InChI=1S/C18H20N2O4/c1-24-13-8-6-12(7-9-13)19-16(21)10-11-20-17(22)14-4-2-3-5-15(14)18(20)23/h2-3,6-9,14-15H,4-5,10-11H2,1H3,(H,19,21). The summed E-state index contributed by atoms with van der Waals surface area (Å²) in [6.45, 7) is 0.132. The molecule has 3 rings (SSSR count). The SMILES string of the molecule is COc1ccc(NC(=O)CCN2C(=O)C3CC=CCC3C2=O)cc1. The maximum Gasteiger partial charge on any atom is 0.233 e. The molecule has 1 aliphatic carbocycles. The molecule has 0 bridgehead atoms. The molecular weight excluding hydrogens is 308 g/mol. The second kappa shape index (κ2) is 6.86. The summed E-state index contributed by atoms with van der Waals surface area (Å²) in [6, 6.07) is 6.98. The van der Waals surface area contributed by atoms with Gasteiger partial charge in [0.05, 0.1) is 18.9 Å². The van der Waals surface area contributed by atoms with Gasteiger partial charge in [-0.1, -0.05) is 12.2 Å². The molecule has 1 fully saturated rings. The van der Waals surface area contributed by atoms with Gasteiger partial charge in [-0.05, 0) is 37.1 Å². The van der Waals surface area contributed by atoms with Gasteiger partial charge in [0.15, 0.2) is 0 Å². The second-order valence-electron chi connectivity index (χ2n) is 6.01. The third-order valence-corrected chi connectivity index (χ3v) is 4.54. The first kappa shape index (κ1) is 16.2. The number of carbonyl (C=O) groups is 3. The van der Waals surface area contributed by atoms with Crippen LogP contribution in [0.25, 0.3) is 0 Å². The van der Waals surface area contributed by atoms with Gasteiger partial charge in [-0.15, -0.1) is 0 Å². The van der Waals surface area contributed by atoms with Gasteiger partial charge in [0.1, 0.15) is 5.75 Å². The molecule has 1 heterocycles. The van der Waals surface area contributed by atoms with Gasteiger partial charge in [-0.2, -0.15) is 0 Å². The molecular formula is C18H20N2O4. The van der Waals surface area contributed by atoms with Crippen LogP contribution in [-0.4, -0.2) is 36.3 Å². The predicted octanol–water partition coefficient (Wildman–Crippen LogP) is 1.97. The van der Waals surface area contributed by atoms with Gasteiger partial charge >= 0.3 is 0 Å². The van der Waals surface area contributed by atoms with Gasteiger partial charge in [0, 0.05) is 18.7 Å². The topological polar surface area (TPSA) is 75.7 Å². The Labute approximate surface area is 140 Å². The molecule has 6 nitrogen and oxygen atoms in total. The fourth-order valence-electron chi connectivity index (χ4n) is 3.20. The number of nitrogens with one attached hydrogen (secondary N) is 1. The molecule has 0 aromatic heterocycles. The number of likely N-dealkylation sites (tertiary alicyclic amines) is 1. The summed E-state index contributed by atoms with van der Waals surface area (Å²) in [5.74, 6) is -0.302. The highest BCUT2D eigenvalue weighted by molar-refractivity contribution is 6.05. The molecule has 1 N–H and O–H groups in total. The largest absolute Gasteiger partial charge is 0.497 e. The van der Waals surface area contributed by atoms with Gasteiger partial charge in [-0.3, -0.25) is 19.3 Å². The minimum Gasteiger partial charge on any atom is -0.497 e. The fourth-order valence-corrected chi connectivity index (χ4v) is 3.20. The number of amides is 3. The van der Waals surface area contributed by atoms with Gasteiger partial charge in [0.2, 0.25) is 17.7 Å². The quantitative estimate of drug-likeness (QED) is 0.662. The number of rotatable bonds is 5. The normalized spacial score (nSPS) is 22.5. The Kier molecular flexibility index (Phi) is 4.64. The first-order valence-corrected chi connectivity index (χ1v) is 8.04. The van der Waals surface area contributed by atoms with Crippen LogP contribution in [0.5, 0.6) is 5.75 Å². The van der Waals surface area contributed by atoms with Crippen molar-refractivity contribution in [3.63, 3.8) is 0 Å². The summed E-state index contributed by atoms with van der Waals surface area (Å²) in [7, 11) is 1.57. The molecule has 6 heteroatoms. The van der Waals surface area contributed by atoms with E-state index >= 15 is 0 Å². The molecule has 1 aliphatic heterocycles. The number of ether oxygens (including phenoxy) is 1. The smallest absolute Gasteiger partial charge is 0.233 e. The van der Waals surface area contributed by atoms with Crippen LogP contribution in [0.2, 0.25) is 0 Å². The fraction of sp³-hybridized carbons (Fsp3) is 0.389. The van der Waals surface area contributed by atoms with E-state index in [2.05, 4.69) is 5.32 Å². The zero-order chi connectivity index (χ0) is 17.1. The number of anilines is 1. The van der Waals surface area contributed by atoms with Crippen LogP contribution in [0.3, 0.4) is 0 Å². The number of carbonyl (C=O) groups excluding carboxylic acids is 3. The number of benzene rings is 1. The van der Waals surface area contributed by atoms with Crippen LogP contribution in [0, 0.1) is 11.8 Å². The number of imide groups is 1. The monoisotopic (exact) mass is 328 g/mol. The zero-order valence-corrected chi connectivity index (χ0v) is 13.5. The lowest BCUT2D eigenvalue weighted by molar-refractivity contribution is -0.140. The van der Waals surface area contributed by atoms with Crippen molar-refractivity contribution in [1.82, 2.24) is 4.90 Å². The van der Waals surface area contributed by atoms with E-state index in [-0.39, 0.29) is 42.5 Å². The Morgan fingerprint density at radius 1 is 1.12 bits per heavy atom. The summed E-state index contributed by atoms with van der Waals surface area (Å²) >= 11 is 0. The molecule has 3 amide bonds. The van der Waals surface area contributed by atoms with Gasteiger partial charge in [0.25, 0.3) is 0 Å². The van der Waals surface area contributed by atoms with Crippen LogP contribution >= 0.6 is 0 Å². The molecule has 1 saturated heterocycles. The van der Waals surface area contributed by atoms with Crippen molar-refractivity contribution < 1.29 is 19.1 Å². The van der Waals surface area contributed by atoms with Crippen LogP contribution in [0.4, 0.5) is 5.69 Å². The van der Waals surface area contributed by atoms with E-state index in [1.165, 1.54) is 4.90 Å². The maximum absolute atomic E-state index is 12.3. The molecule has 0 radical (unpaired) electrons. The Morgan fingerprint density at radius 3 is 2.25 bits per heavy atom. The number of hydrogen-bond acceptors (Lipinski definition) is 4. The molecule has 24 heavy (non-hydrogen) atoms. The molecule has 126 valence electrons. The molecule has 2 atom stereocenters. The molecule has 2 aliphatic rings. The summed E-state index contributed by atoms with van der Waals surface area (Å²) < 4.78 is 5.06. The van der Waals surface area contributed by atoms with E-state index in [4.69, 9.17) is 4.74 Å². The van der Waals surface area contributed by atoms with Crippen molar-refractivity contribution in [2.45, 2.75) is 19.3 Å². The van der Waals surface area contributed by atoms with Crippen molar-refractivity contribution in [1.29, 1.82) is 0 Å². The lowest BCUT2D eigenvalue weighted by atomic mass is 9.85. The number of methoxy groups -OCH3 is 1. The Balaban J connectivity index is 1.54. The summed E-state index contributed by atoms with van der Waals surface area (Å²) in [5.41, 5.74) is 0.651. The van der Waals surface area contributed by atoms with Crippen molar-refractivity contribution in [2.75, 3.05) is 19.0 Å². The molecule has 1 aromatic carbocycles. The third kappa shape index (κ3) is 3.18. The van der Waals surface area contributed by atoms with Crippen molar-refractivity contribution >= 4 is 23.4 Å². The van der Waals surface area contributed by atoms with Crippen molar-refractivity contribution in [3.05, 3.63) is 36.4 Å². The molecule has 2 unspecified atom stereocenters. The average molecular weight is 328 g/mol. The van der Waals surface area contributed by atoms with E-state index in [0.29, 0.717) is 24.3 Å². The van der Waals surface area contributed by atoms with E-state index in [1.807, 2.05) is 12.2 Å². The van der Waals surface area contributed by atoms with E-state index < -0.39 is 0 Å². The first-order valence-electron chi connectivity index (χ1n) is 8.04. The van der Waals surface area contributed by atoms with E-state index in [1.54, 1.807) is 31.4 Å². The highest BCUT2D eigenvalue weighted by Gasteiger charge is 2.46. The highest BCUT2D eigenvalue weighted by atomic mass is 16.5. The molecule has 0 spiro atoms. The van der Waals surface area contributed by atoms with Crippen molar-refractivity contribution in [2.24, 2.45) is 11.8 Å². The number of fused-ring (bicyclic) bond motifs is 1. The Hall–Kier alpha value is -2.63. The first-order chi connectivity index (χ1) is 11.6. The van der Waals surface area contributed by atoms with Crippen LogP contribution in [0.15, 0.2) is 36.4 Å². The van der Waals surface area contributed by atoms with E-state index in [0.717, 1.165) is 0 Å². The van der Waals surface area contributed by atoms with E-state index in [9.17, 15) is 14.4 Å². The number of allylic oxidation sites excluding steroid dienone is 2. The minimum atomic E-state index is -0.243. The zero-order valence-electron chi connectivity index (χ0n) is 13.5. The summed E-state index contributed by atoms with van der Waals surface area (Å²) in [6.07, 6.45) is 5.22. The second-order valence-corrected chi connectivity index (χ2v) is 6.01. The lowest BCUT2D eigenvalue weighted by Crippen LogP contribution is -2.34. The van der Waals surface area contributed by atoms with Crippen LogP contribution in [-0.2, 0) is 14.4 Å². The third-order valence-electron chi connectivity index (χ3n) is 4.54.